The Bertz CT molecular complexity index is 453. The van der Waals surface area contributed by atoms with Crippen LogP contribution in [0.25, 0.3) is 0 Å². The van der Waals surface area contributed by atoms with Crippen molar-refractivity contribution in [3.05, 3.63) is 34.6 Å². The average Bonchev–Trinajstić information content (AvgIpc) is 2.33. The van der Waals surface area contributed by atoms with Crippen molar-refractivity contribution in [1.29, 1.82) is 0 Å². The van der Waals surface area contributed by atoms with Gasteiger partial charge in [-0.15, -0.1) is 0 Å². The highest BCUT2D eigenvalue weighted by Crippen LogP contribution is 2.24. The molecule has 2 rings (SSSR count). The predicted octanol–water partition coefficient (Wildman–Crippen LogP) is 2.92. The van der Waals surface area contributed by atoms with Gasteiger partial charge in [-0.25, -0.2) is 4.39 Å². The van der Waals surface area contributed by atoms with Gasteiger partial charge in [-0.1, -0.05) is 24.1 Å². The SMILES string of the molecule is O=C(O)C1CCCCN1Cc1ccc(F)cc1Cl. The van der Waals surface area contributed by atoms with Crippen molar-refractivity contribution in [3.8, 4) is 0 Å². The monoisotopic (exact) mass is 271 g/mol. The summed E-state index contributed by atoms with van der Waals surface area (Å²) >= 11 is 5.96. The molecule has 0 aliphatic carbocycles. The van der Waals surface area contributed by atoms with Crippen molar-refractivity contribution >= 4 is 17.6 Å². The van der Waals surface area contributed by atoms with Crippen LogP contribution in [0.5, 0.6) is 0 Å². The lowest BCUT2D eigenvalue weighted by molar-refractivity contribution is -0.144. The van der Waals surface area contributed by atoms with Crippen LogP contribution in [0, 0.1) is 5.82 Å². The topological polar surface area (TPSA) is 40.5 Å². The lowest BCUT2D eigenvalue weighted by atomic mass is 10.0. The Labute approximate surface area is 110 Å². The van der Waals surface area contributed by atoms with Crippen molar-refractivity contribution in [3.63, 3.8) is 0 Å². The third-order valence-electron chi connectivity index (χ3n) is 3.29. The average molecular weight is 272 g/mol. The molecule has 1 aliphatic rings. The molecule has 18 heavy (non-hydrogen) atoms. The zero-order chi connectivity index (χ0) is 13.1. The van der Waals surface area contributed by atoms with Gasteiger partial charge in [-0.3, -0.25) is 9.69 Å². The van der Waals surface area contributed by atoms with E-state index < -0.39 is 12.0 Å². The van der Waals surface area contributed by atoms with Gasteiger partial charge in [0.05, 0.1) is 0 Å². The van der Waals surface area contributed by atoms with Crippen LogP contribution in [-0.2, 0) is 11.3 Å². The normalized spacial score (nSPS) is 20.9. The molecule has 0 bridgehead atoms. The summed E-state index contributed by atoms with van der Waals surface area (Å²) in [4.78, 5) is 13.1. The molecule has 0 spiro atoms. The first-order chi connectivity index (χ1) is 8.58. The van der Waals surface area contributed by atoms with Crippen LogP contribution in [0.2, 0.25) is 5.02 Å². The minimum Gasteiger partial charge on any atom is -0.480 e. The highest BCUT2D eigenvalue weighted by molar-refractivity contribution is 6.31. The van der Waals surface area contributed by atoms with E-state index in [4.69, 9.17) is 16.7 Å². The van der Waals surface area contributed by atoms with Gasteiger partial charge >= 0.3 is 5.97 Å². The molecular weight excluding hydrogens is 257 g/mol. The minimum atomic E-state index is -0.798. The van der Waals surface area contributed by atoms with Gasteiger partial charge in [0.25, 0.3) is 0 Å². The molecule has 1 unspecified atom stereocenters. The molecule has 1 aliphatic heterocycles. The number of nitrogens with zero attached hydrogens (tertiary/aromatic N) is 1. The van der Waals surface area contributed by atoms with Crippen molar-refractivity contribution in [1.82, 2.24) is 4.90 Å². The maximum absolute atomic E-state index is 12.9. The summed E-state index contributed by atoms with van der Waals surface area (Å²) in [6, 6.07) is 3.77. The van der Waals surface area contributed by atoms with Gasteiger partial charge in [0.1, 0.15) is 11.9 Å². The van der Waals surface area contributed by atoms with Crippen molar-refractivity contribution in [2.24, 2.45) is 0 Å². The van der Waals surface area contributed by atoms with E-state index >= 15 is 0 Å². The molecule has 0 radical (unpaired) electrons. The molecule has 1 N–H and O–H groups in total. The van der Waals surface area contributed by atoms with Gasteiger partial charge in [-0.05, 0) is 37.1 Å². The number of aliphatic carboxylic acids is 1. The van der Waals surface area contributed by atoms with Crippen molar-refractivity contribution in [2.75, 3.05) is 6.54 Å². The maximum atomic E-state index is 12.9. The summed E-state index contributed by atoms with van der Waals surface area (Å²) in [5, 5.41) is 9.52. The quantitative estimate of drug-likeness (QED) is 0.919. The van der Waals surface area contributed by atoms with Gasteiger partial charge in [0.15, 0.2) is 0 Å². The molecule has 1 fully saturated rings. The molecule has 1 saturated heterocycles. The fourth-order valence-electron chi connectivity index (χ4n) is 2.33. The van der Waals surface area contributed by atoms with Crippen LogP contribution in [0.1, 0.15) is 24.8 Å². The first-order valence-corrected chi connectivity index (χ1v) is 6.36. The van der Waals surface area contributed by atoms with E-state index in [0.717, 1.165) is 24.9 Å². The molecule has 0 aromatic heterocycles. The Balaban J connectivity index is 2.13. The molecular formula is C13H15ClFNO2. The second-order valence-corrected chi connectivity index (χ2v) is 4.96. The third kappa shape index (κ3) is 3.00. The van der Waals surface area contributed by atoms with Gasteiger partial charge in [0, 0.05) is 11.6 Å². The summed E-state index contributed by atoms with van der Waals surface area (Å²) in [7, 11) is 0. The Morgan fingerprint density at radius 3 is 2.94 bits per heavy atom. The lowest BCUT2D eigenvalue weighted by Gasteiger charge is -2.33. The number of rotatable bonds is 3. The fraction of sp³-hybridized carbons (Fsp3) is 0.462. The Kier molecular flexibility index (Phi) is 4.19. The molecule has 3 nitrogen and oxygen atoms in total. The Morgan fingerprint density at radius 2 is 2.28 bits per heavy atom. The van der Waals surface area contributed by atoms with E-state index in [1.807, 2.05) is 4.90 Å². The number of carbonyl (C=O) groups is 1. The Hall–Kier alpha value is -1.13. The van der Waals surface area contributed by atoms with E-state index in [-0.39, 0.29) is 5.82 Å². The van der Waals surface area contributed by atoms with Crippen LogP contribution in [-0.4, -0.2) is 28.6 Å². The second kappa shape index (κ2) is 5.67. The third-order valence-corrected chi connectivity index (χ3v) is 3.64. The van der Waals surface area contributed by atoms with E-state index in [2.05, 4.69) is 0 Å². The molecule has 98 valence electrons. The van der Waals surface area contributed by atoms with E-state index in [1.54, 1.807) is 6.07 Å². The number of hydrogen-bond donors (Lipinski definition) is 1. The van der Waals surface area contributed by atoms with Crippen molar-refractivity contribution < 1.29 is 14.3 Å². The molecule has 5 heteroatoms. The number of carboxylic acid groups (broad SMARTS) is 1. The molecule has 1 aromatic carbocycles. The van der Waals surface area contributed by atoms with Gasteiger partial charge in [-0.2, -0.15) is 0 Å². The van der Waals surface area contributed by atoms with E-state index in [9.17, 15) is 9.18 Å². The smallest absolute Gasteiger partial charge is 0.320 e. The number of benzene rings is 1. The highest BCUT2D eigenvalue weighted by atomic mass is 35.5. The van der Waals surface area contributed by atoms with Crippen LogP contribution in [0.3, 0.4) is 0 Å². The highest BCUT2D eigenvalue weighted by Gasteiger charge is 2.28. The number of piperidine rings is 1. The minimum absolute atomic E-state index is 0.352. The molecule has 0 saturated carbocycles. The molecule has 1 heterocycles. The van der Waals surface area contributed by atoms with Gasteiger partial charge in [0.2, 0.25) is 0 Å². The largest absolute Gasteiger partial charge is 0.480 e. The van der Waals surface area contributed by atoms with Crippen LogP contribution in [0.4, 0.5) is 4.39 Å². The van der Waals surface area contributed by atoms with Crippen LogP contribution >= 0.6 is 11.6 Å². The predicted molar refractivity (Wildman–Crippen MR) is 67.1 cm³/mol. The van der Waals surface area contributed by atoms with E-state index in [1.165, 1.54) is 12.1 Å². The Morgan fingerprint density at radius 1 is 1.50 bits per heavy atom. The second-order valence-electron chi connectivity index (χ2n) is 4.56. The molecule has 0 amide bonds. The zero-order valence-electron chi connectivity index (χ0n) is 9.90. The summed E-state index contributed by atoms with van der Waals surface area (Å²) in [5.74, 6) is -1.18. The molecule has 1 atom stereocenters. The first-order valence-electron chi connectivity index (χ1n) is 5.98. The number of halogens is 2. The van der Waals surface area contributed by atoms with E-state index in [0.29, 0.717) is 18.0 Å². The van der Waals surface area contributed by atoms with Crippen molar-refractivity contribution in [2.45, 2.75) is 31.8 Å². The summed E-state index contributed by atoms with van der Waals surface area (Å²) in [6.45, 7) is 1.20. The fourth-order valence-corrected chi connectivity index (χ4v) is 2.56. The van der Waals surface area contributed by atoms with Gasteiger partial charge < -0.3 is 5.11 Å². The first kappa shape index (κ1) is 13.3. The summed E-state index contributed by atoms with van der Waals surface area (Å²) in [5.41, 5.74) is 0.770. The summed E-state index contributed by atoms with van der Waals surface area (Å²) < 4.78 is 12.9. The number of likely N-dealkylation sites (tertiary alicyclic amines) is 1. The van der Waals surface area contributed by atoms with Crippen LogP contribution < -0.4 is 0 Å². The zero-order valence-corrected chi connectivity index (χ0v) is 10.7. The summed E-state index contributed by atoms with van der Waals surface area (Å²) in [6.07, 6.45) is 2.58. The molecule has 1 aromatic rings. The lowest BCUT2D eigenvalue weighted by Crippen LogP contribution is -2.44. The maximum Gasteiger partial charge on any atom is 0.320 e. The number of hydrogen-bond acceptors (Lipinski definition) is 2. The van der Waals surface area contributed by atoms with Crippen LogP contribution in [0.15, 0.2) is 18.2 Å². The number of carboxylic acids is 1. The standard InChI is InChI=1S/C13H15ClFNO2/c14-11-7-10(15)5-4-9(11)8-16-6-2-1-3-12(16)13(17)18/h4-5,7,12H,1-3,6,8H2,(H,17,18).